The molecule has 0 aliphatic carbocycles. The third kappa shape index (κ3) is 2.85. The van der Waals surface area contributed by atoms with Gasteiger partial charge in [-0.3, -0.25) is 4.79 Å². The van der Waals surface area contributed by atoms with Crippen molar-refractivity contribution in [1.82, 2.24) is 19.6 Å². The van der Waals surface area contributed by atoms with Gasteiger partial charge in [0.25, 0.3) is 11.7 Å². The smallest absolute Gasteiger partial charge is 0.295 e. The number of benzene rings is 1. The number of hydrogen-bond acceptors (Lipinski definition) is 7. The van der Waals surface area contributed by atoms with E-state index in [-0.39, 0.29) is 27.1 Å². The SMILES string of the molecule is O=C(Nc1cscc1S(=O)(=O)c1ccccc1)c1nc2ncccn2n1. The molecule has 0 bridgehead atoms. The number of anilines is 1. The lowest BCUT2D eigenvalue weighted by atomic mass is 10.4. The molecule has 0 radical (unpaired) electrons. The maximum absolute atomic E-state index is 12.8. The van der Waals surface area contributed by atoms with Crippen LogP contribution >= 0.6 is 11.3 Å². The van der Waals surface area contributed by atoms with Gasteiger partial charge in [0.15, 0.2) is 0 Å². The Hall–Kier alpha value is -3.11. The quantitative estimate of drug-likeness (QED) is 0.578. The molecule has 0 atom stereocenters. The van der Waals surface area contributed by atoms with Gasteiger partial charge in [0, 0.05) is 23.2 Å². The van der Waals surface area contributed by atoms with E-state index in [2.05, 4.69) is 20.4 Å². The topological polar surface area (TPSA) is 106 Å². The fourth-order valence-corrected chi connectivity index (χ4v) is 4.88. The Morgan fingerprint density at radius 2 is 1.92 bits per heavy atom. The Morgan fingerprint density at radius 3 is 2.69 bits per heavy atom. The first kappa shape index (κ1) is 16.4. The van der Waals surface area contributed by atoms with Gasteiger partial charge in [-0.05, 0) is 18.2 Å². The Kier molecular flexibility index (Phi) is 3.98. The number of carbonyl (C=O) groups is 1. The van der Waals surface area contributed by atoms with E-state index < -0.39 is 15.7 Å². The molecule has 0 fully saturated rings. The number of amides is 1. The number of nitrogens with zero attached hydrogens (tertiary/aromatic N) is 4. The van der Waals surface area contributed by atoms with E-state index in [1.165, 1.54) is 39.6 Å². The first-order chi connectivity index (χ1) is 12.6. The largest absolute Gasteiger partial charge is 0.317 e. The van der Waals surface area contributed by atoms with Crippen molar-refractivity contribution in [1.29, 1.82) is 0 Å². The molecule has 0 aliphatic rings. The molecule has 0 saturated heterocycles. The third-order valence-corrected chi connectivity index (χ3v) is 6.24. The second-order valence-electron chi connectivity index (χ2n) is 5.22. The van der Waals surface area contributed by atoms with Crippen LogP contribution in [0.15, 0.2) is 69.3 Å². The molecule has 0 unspecified atom stereocenters. The van der Waals surface area contributed by atoms with Gasteiger partial charge in [-0.15, -0.1) is 16.4 Å². The Bertz CT molecular complexity index is 1170. The van der Waals surface area contributed by atoms with Gasteiger partial charge in [-0.25, -0.2) is 17.9 Å². The Labute approximate surface area is 152 Å². The van der Waals surface area contributed by atoms with E-state index in [0.29, 0.717) is 0 Å². The molecule has 130 valence electrons. The number of hydrogen-bond donors (Lipinski definition) is 1. The van der Waals surface area contributed by atoms with Crippen LogP contribution in [-0.4, -0.2) is 33.9 Å². The molecule has 26 heavy (non-hydrogen) atoms. The van der Waals surface area contributed by atoms with E-state index >= 15 is 0 Å². The van der Waals surface area contributed by atoms with Crippen LogP contribution in [0.4, 0.5) is 5.69 Å². The second-order valence-corrected chi connectivity index (χ2v) is 7.88. The van der Waals surface area contributed by atoms with Crippen LogP contribution in [0.3, 0.4) is 0 Å². The van der Waals surface area contributed by atoms with E-state index in [1.807, 2.05) is 0 Å². The average Bonchev–Trinajstić information content (AvgIpc) is 3.29. The maximum Gasteiger partial charge on any atom is 0.295 e. The molecule has 0 spiro atoms. The molecule has 1 aromatic carbocycles. The van der Waals surface area contributed by atoms with Crippen molar-refractivity contribution in [2.24, 2.45) is 0 Å². The van der Waals surface area contributed by atoms with Crippen LogP contribution in [0.5, 0.6) is 0 Å². The minimum absolute atomic E-state index is 0.0314. The van der Waals surface area contributed by atoms with Crippen molar-refractivity contribution < 1.29 is 13.2 Å². The highest BCUT2D eigenvalue weighted by Crippen LogP contribution is 2.31. The summed E-state index contributed by atoms with van der Waals surface area (Å²) in [6.07, 6.45) is 3.15. The van der Waals surface area contributed by atoms with Gasteiger partial charge in [0.2, 0.25) is 15.7 Å². The third-order valence-electron chi connectivity index (χ3n) is 3.54. The molecular formula is C16H11N5O3S2. The van der Waals surface area contributed by atoms with Crippen molar-refractivity contribution in [2.75, 3.05) is 5.32 Å². The normalized spacial score (nSPS) is 11.5. The summed E-state index contributed by atoms with van der Waals surface area (Å²) in [6.45, 7) is 0. The summed E-state index contributed by atoms with van der Waals surface area (Å²) in [5.41, 5.74) is 0.190. The summed E-state index contributed by atoms with van der Waals surface area (Å²) in [6, 6.07) is 9.70. The van der Waals surface area contributed by atoms with Gasteiger partial charge in [0.1, 0.15) is 4.90 Å². The van der Waals surface area contributed by atoms with E-state index in [1.54, 1.807) is 35.8 Å². The standard InChI is InChI=1S/C16H11N5O3S2/c22-15(14-19-16-17-7-4-8-21(16)20-14)18-12-9-25-10-13(12)26(23,24)11-5-2-1-3-6-11/h1-10H,(H,18,22). The molecular weight excluding hydrogens is 374 g/mol. The summed E-state index contributed by atoms with van der Waals surface area (Å²) >= 11 is 1.18. The van der Waals surface area contributed by atoms with E-state index in [0.717, 1.165) is 0 Å². The molecule has 4 rings (SSSR count). The number of carbonyl (C=O) groups excluding carboxylic acids is 1. The molecule has 0 saturated carbocycles. The van der Waals surface area contributed by atoms with E-state index in [4.69, 9.17) is 0 Å². The summed E-state index contributed by atoms with van der Waals surface area (Å²) in [7, 11) is -3.74. The van der Waals surface area contributed by atoms with Crippen LogP contribution in [-0.2, 0) is 9.84 Å². The maximum atomic E-state index is 12.8. The first-order valence-corrected chi connectivity index (χ1v) is 9.83. The molecule has 4 aromatic rings. The van der Waals surface area contributed by atoms with Gasteiger partial charge in [-0.2, -0.15) is 4.98 Å². The van der Waals surface area contributed by atoms with Crippen LogP contribution in [0.25, 0.3) is 5.78 Å². The predicted octanol–water partition coefficient (Wildman–Crippen LogP) is 2.27. The van der Waals surface area contributed by atoms with Crippen LogP contribution in [0.2, 0.25) is 0 Å². The van der Waals surface area contributed by atoms with Crippen molar-refractivity contribution >= 4 is 38.5 Å². The molecule has 1 amide bonds. The van der Waals surface area contributed by atoms with Crippen molar-refractivity contribution in [3.63, 3.8) is 0 Å². The van der Waals surface area contributed by atoms with Crippen LogP contribution < -0.4 is 5.32 Å². The summed E-state index contributed by atoms with van der Waals surface area (Å²) in [5, 5.41) is 9.64. The van der Waals surface area contributed by atoms with Gasteiger partial charge in [0.05, 0.1) is 10.6 Å². The van der Waals surface area contributed by atoms with Gasteiger partial charge >= 0.3 is 0 Å². The number of thiophene rings is 1. The zero-order chi connectivity index (χ0) is 18.1. The molecule has 0 aliphatic heterocycles. The van der Waals surface area contributed by atoms with Gasteiger partial charge < -0.3 is 5.32 Å². The Morgan fingerprint density at radius 1 is 1.12 bits per heavy atom. The van der Waals surface area contributed by atoms with Crippen LogP contribution in [0.1, 0.15) is 10.6 Å². The zero-order valence-electron chi connectivity index (χ0n) is 13.1. The number of nitrogens with one attached hydrogen (secondary N) is 1. The first-order valence-electron chi connectivity index (χ1n) is 7.41. The summed E-state index contributed by atoms with van der Waals surface area (Å²) < 4.78 is 26.9. The van der Waals surface area contributed by atoms with Crippen molar-refractivity contribution in [2.45, 2.75) is 9.79 Å². The fraction of sp³-hybridized carbons (Fsp3) is 0. The Balaban J connectivity index is 1.66. The predicted molar refractivity (Wildman–Crippen MR) is 94.9 cm³/mol. The van der Waals surface area contributed by atoms with Crippen molar-refractivity contribution in [3.05, 3.63) is 65.4 Å². The van der Waals surface area contributed by atoms with Gasteiger partial charge in [-0.1, -0.05) is 18.2 Å². The lowest BCUT2D eigenvalue weighted by molar-refractivity contribution is 0.101. The molecule has 8 nitrogen and oxygen atoms in total. The fourth-order valence-electron chi connectivity index (χ4n) is 2.32. The molecule has 1 N–H and O–H groups in total. The number of aromatic nitrogens is 4. The summed E-state index contributed by atoms with van der Waals surface area (Å²) in [5.74, 6) is -0.434. The highest BCUT2D eigenvalue weighted by molar-refractivity contribution is 7.91. The average molecular weight is 385 g/mol. The lowest BCUT2D eigenvalue weighted by Gasteiger charge is -2.06. The highest BCUT2D eigenvalue weighted by atomic mass is 32.2. The minimum Gasteiger partial charge on any atom is -0.317 e. The molecule has 10 heteroatoms. The monoisotopic (exact) mass is 385 g/mol. The zero-order valence-corrected chi connectivity index (χ0v) is 14.7. The second kappa shape index (κ2) is 6.32. The lowest BCUT2D eigenvalue weighted by Crippen LogP contribution is -2.15. The highest BCUT2D eigenvalue weighted by Gasteiger charge is 2.24. The summed E-state index contributed by atoms with van der Waals surface area (Å²) in [4.78, 5) is 20.6. The minimum atomic E-state index is -3.74. The number of fused-ring (bicyclic) bond motifs is 1. The number of sulfone groups is 1. The number of rotatable bonds is 4. The van der Waals surface area contributed by atoms with E-state index in [9.17, 15) is 13.2 Å². The molecule has 3 aromatic heterocycles. The van der Waals surface area contributed by atoms with Crippen molar-refractivity contribution in [3.8, 4) is 0 Å². The molecule has 3 heterocycles. The van der Waals surface area contributed by atoms with Crippen LogP contribution in [0, 0.1) is 0 Å².